The Kier molecular flexibility index (Phi) is 5.89. The summed E-state index contributed by atoms with van der Waals surface area (Å²) in [6.45, 7) is 0. The summed E-state index contributed by atoms with van der Waals surface area (Å²) in [5.41, 5.74) is 1.16. The summed E-state index contributed by atoms with van der Waals surface area (Å²) in [4.78, 5) is 19.7. The van der Waals surface area contributed by atoms with Gasteiger partial charge in [0.25, 0.3) is 0 Å². The van der Waals surface area contributed by atoms with Crippen LogP contribution in [0.3, 0.4) is 0 Å². The Hall–Kier alpha value is -4.53. The third-order valence-corrected chi connectivity index (χ3v) is 4.58. The van der Waals surface area contributed by atoms with Gasteiger partial charge in [-0.2, -0.15) is 4.98 Å². The van der Waals surface area contributed by atoms with Crippen LogP contribution >= 0.6 is 0 Å². The van der Waals surface area contributed by atoms with Crippen molar-refractivity contribution in [3.63, 3.8) is 0 Å². The Morgan fingerprint density at radius 2 is 1.66 bits per heavy atom. The van der Waals surface area contributed by atoms with Crippen LogP contribution in [0, 0.1) is 0 Å². The van der Waals surface area contributed by atoms with Crippen LogP contribution in [0.15, 0.2) is 66.9 Å². The molecule has 32 heavy (non-hydrogen) atoms. The van der Waals surface area contributed by atoms with Gasteiger partial charge in [0, 0.05) is 46.9 Å². The second-order valence-corrected chi connectivity index (χ2v) is 6.63. The fraction of sp³-hybridized carbons (Fsp3) is 0.0870. The van der Waals surface area contributed by atoms with E-state index in [1.807, 2.05) is 24.3 Å². The molecule has 0 atom stereocenters. The highest BCUT2D eigenvalue weighted by Crippen LogP contribution is 2.34. The van der Waals surface area contributed by atoms with Crippen LogP contribution in [-0.4, -0.2) is 35.4 Å². The number of nitrogens with zero attached hydrogens (tertiary/aromatic N) is 2. The van der Waals surface area contributed by atoms with E-state index < -0.39 is 6.09 Å². The third kappa shape index (κ3) is 4.62. The number of anilines is 3. The number of hydrogen-bond acceptors (Lipinski definition) is 7. The molecule has 9 heteroatoms. The lowest BCUT2D eigenvalue weighted by molar-refractivity contribution is 0.210. The molecule has 0 bridgehead atoms. The first-order chi connectivity index (χ1) is 15.6. The molecule has 0 saturated heterocycles. The van der Waals surface area contributed by atoms with E-state index in [0.717, 1.165) is 5.39 Å². The van der Waals surface area contributed by atoms with Gasteiger partial charge in [-0.3, -0.25) is 5.32 Å². The topological polar surface area (TPSA) is 115 Å². The smallest absolute Gasteiger partial charge is 0.409 e. The van der Waals surface area contributed by atoms with Crippen LogP contribution in [0.2, 0.25) is 0 Å². The molecule has 1 amide bonds. The average Bonchev–Trinajstić information content (AvgIpc) is 2.80. The average molecular weight is 432 g/mol. The molecule has 0 fully saturated rings. The first-order valence-corrected chi connectivity index (χ1v) is 9.58. The quantitative estimate of drug-likeness (QED) is 0.362. The number of benzene rings is 3. The molecule has 3 aromatic carbocycles. The molecule has 0 aliphatic heterocycles. The summed E-state index contributed by atoms with van der Waals surface area (Å²) in [5.74, 6) is 2.43. The van der Waals surface area contributed by atoms with Crippen LogP contribution in [0.1, 0.15) is 0 Å². The molecular formula is C23H20N4O5. The molecular weight excluding hydrogens is 412 g/mol. The minimum Gasteiger partial charge on any atom is -0.497 e. The van der Waals surface area contributed by atoms with Gasteiger partial charge in [0.15, 0.2) is 0 Å². The fourth-order valence-corrected chi connectivity index (χ4v) is 3.17. The van der Waals surface area contributed by atoms with Gasteiger partial charge in [0.2, 0.25) is 11.8 Å². The van der Waals surface area contributed by atoms with Gasteiger partial charge in [-0.15, -0.1) is 0 Å². The molecule has 1 heterocycles. The van der Waals surface area contributed by atoms with Crippen molar-refractivity contribution in [3.05, 3.63) is 66.9 Å². The molecule has 0 unspecified atom stereocenters. The van der Waals surface area contributed by atoms with Crippen LogP contribution in [0.4, 0.5) is 22.1 Å². The number of carboxylic acid groups (broad SMARTS) is 1. The minimum atomic E-state index is -1.13. The summed E-state index contributed by atoms with van der Waals surface area (Å²) < 4.78 is 16.6. The number of hydrogen-bond donors (Lipinski definition) is 3. The first kappa shape index (κ1) is 20.7. The summed E-state index contributed by atoms with van der Waals surface area (Å²) in [7, 11) is 3.15. The van der Waals surface area contributed by atoms with Crippen molar-refractivity contribution < 1.29 is 24.1 Å². The van der Waals surface area contributed by atoms with E-state index in [2.05, 4.69) is 20.6 Å². The molecule has 0 saturated carbocycles. The maximum Gasteiger partial charge on any atom is 0.409 e. The van der Waals surface area contributed by atoms with Crippen LogP contribution in [0.5, 0.6) is 23.1 Å². The Balaban J connectivity index is 1.61. The van der Waals surface area contributed by atoms with Crippen molar-refractivity contribution in [2.75, 3.05) is 24.9 Å². The zero-order valence-corrected chi connectivity index (χ0v) is 17.3. The SMILES string of the molecule is COc1cc(Nc2nccc(Oc3ccc(NC(=O)O)c4ccccc34)n2)cc(OC)c1. The van der Waals surface area contributed by atoms with E-state index >= 15 is 0 Å². The van der Waals surface area contributed by atoms with Crippen molar-refractivity contribution in [1.82, 2.24) is 9.97 Å². The molecule has 4 aromatic rings. The van der Waals surface area contributed by atoms with Crippen molar-refractivity contribution in [3.8, 4) is 23.1 Å². The predicted octanol–water partition coefficient (Wildman–Crippen LogP) is 5.27. The largest absolute Gasteiger partial charge is 0.497 e. The third-order valence-electron chi connectivity index (χ3n) is 4.58. The summed E-state index contributed by atoms with van der Waals surface area (Å²) >= 11 is 0. The lowest BCUT2D eigenvalue weighted by atomic mass is 10.1. The zero-order valence-electron chi connectivity index (χ0n) is 17.3. The Morgan fingerprint density at radius 3 is 2.34 bits per heavy atom. The van der Waals surface area contributed by atoms with Gasteiger partial charge in [-0.25, -0.2) is 9.78 Å². The number of ether oxygens (including phenoxy) is 3. The van der Waals surface area contributed by atoms with E-state index in [0.29, 0.717) is 45.8 Å². The first-order valence-electron chi connectivity index (χ1n) is 9.58. The fourth-order valence-electron chi connectivity index (χ4n) is 3.17. The molecule has 162 valence electrons. The molecule has 0 aliphatic rings. The summed E-state index contributed by atoms with van der Waals surface area (Å²) in [5, 5.41) is 16.0. The second kappa shape index (κ2) is 9.09. The van der Waals surface area contributed by atoms with Crippen molar-refractivity contribution >= 4 is 34.2 Å². The van der Waals surface area contributed by atoms with E-state index in [1.165, 1.54) is 0 Å². The van der Waals surface area contributed by atoms with Crippen molar-refractivity contribution in [2.45, 2.75) is 0 Å². The number of rotatable bonds is 7. The van der Waals surface area contributed by atoms with E-state index in [-0.39, 0.29) is 0 Å². The van der Waals surface area contributed by atoms with Gasteiger partial charge in [-0.05, 0) is 12.1 Å². The van der Waals surface area contributed by atoms with Crippen molar-refractivity contribution in [1.29, 1.82) is 0 Å². The summed E-state index contributed by atoms with van der Waals surface area (Å²) in [6, 6.07) is 17.7. The lowest BCUT2D eigenvalue weighted by Crippen LogP contribution is -2.07. The number of fused-ring (bicyclic) bond motifs is 1. The maximum atomic E-state index is 11.1. The monoisotopic (exact) mass is 432 g/mol. The van der Waals surface area contributed by atoms with Crippen LogP contribution in [0.25, 0.3) is 10.8 Å². The van der Waals surface area contributed by atoms with E-state index in [4.69, 9.17) is 19.3 Å². The van der Waals surface area contributed by atoms with Gasteiger partial charge in [0.1, 0.15) is 17.2 Å². The normalized spacial score (nSPS) is 10.4. The second-order valence-electron chi connectivity index (χ2n) is 6.63. The van der Waals surface area contributed by atoms with E-state index in [9.17, 15) is 4.79 Å². The number of methoxy groups -OCH3 is 2. The molecule has 3 N–H and O–H groups in total. The zero-order chi connectivity index (χ0) is 22.5. The van der Waals surface area contributed by atoms with Crippen LogP contribution in [-0.2, 0) is 0 Å². The number of nitrogens with one attached hydrogen (secondary N) is 2. The molecule has 0 aliphatic carbocycles. The van der Waals surface area contributed by atoms with Gasteiger partial charge in [0.05, 0.1) is 19.9 Å². The van der Waals surface area contributed by atoms with Gasteiger partial charge >= 0.3 is 6.09 Å². The highest BCUT2D eigenvalue weighted by Gasteiger charge is 2.11. The maximum absolute atomic E-state index is 11.1. The van der Waals surface area contributed by atoms with Crippen molar-refractivity contribution in [2.24, 2.45) is 0 Å². The lowest BCUT2D eigenvalue weighted by Gasteiger charge is -2.13. The van der Waals surface area contributed by atoms with Gasteiger partial charge in [-0.1, -0.05) is 24.3 Å². The molecule has 4 rings (SSSR count). The minimum absolute atomic E-state index is 0.321. The highest BCUT2D eigenvalue weighted by molar-refractivity contribution is 6.02. The Bertz CT molecular complexity index is 1260. The van der Waals surface area contributed by atoms with Gasteiger partial charge < -0.3 is 24.6 Å². The number of amides is 1. The summed E-state index contributed by atoms with van der Waals surface area (Å²) in [6.07, 6.45) is 0.439. The standard InChI is InChI=1S/C23H20N4O5/c1-30-15-11-14(12-16(13-15)31-2)25-22-24-10-9-21(27-22)32-20-8-7-19(26-23(28)29)17-5-3-4-6-18(17)20/h3-13,26H,1-2H3,(H,28,29)(H,24,25,27). The number of carbonyl (C=O) groups is 1. The number of aromatic nitrogens is 2. The molecule has 9 nitrogen and oxygen atoms in total. The van der Waals surface area contributed by atoms with E-state index in [1.54, 1.807) is 56.8 Å². The molecule has 0 spiro atoms. The Morgan fingerprint density at radius 1 is 0.938 bits per heavy atom. The predicted molar refractivity (Wildman–Crippen MR) is 121 cm³/mol. The molecule has 1 aromatic heterocycles. The highest BCUT2D eigenvalue weighted by atomic mass is 16.5. The molecule has 0 radical (unpaired) electrons. The van der Waals surface area contributed by atoms with Crippen LogP contribution < -0.4 is 24.8 Å². The Labute approximate surface area is 183 Å².